The maximum absolute atomic E-state index is 13.4. The highest BCUT2D eigenvalue weighted by Gasteiger charge is 2.65. The molecule has 1 aliphatic rings. The fourth-order valence-corrected chi connectivity index (χ4v) is 3.46. The van der Waals surface area contributed by atoms with Gasteiger partial charge in [-0.15, -0.1) is 10.2 Å². The summed E-state index contributed by atoms with van der Waals surface area (Å²) in [6.07, 6.45) is -4.52. The first kappa shape index (κ1) is 12.8. The average molecular weight is 310 g/mol. The Bertz CT molecular complexity index is 1090. The molecule has 5 heteroatoms. The number of alkyl halides is 3. The molecule has 0 atom stereocenters. The van der Waals surface area contributed by atoms with E-state index in [1.807, 2.05) is 36.4 Å². The summed E-state index contributed by atoms with van der Waals surface area (Å²) >= 11 is 0. The van der Waals surface area contributed by atoms with Crippen molar-refractivity contribution in [1.82, 2.24) is 0 Å². The van der Waals surface area contributed by atoms with Crippen LogP contribution in [0.2, 0.25) is 0 Å². The minimum atomic E-state index is -4.52. The Morgan fingerprint density at radius 1 is 0.696 bits per heavy atom. The van der Waals surface area contributed by atoms with E-state index in [2.05, 4.69) is 10.2 Å². The first-order chi connectivity index (χ1) is 11.0. The fraction of sp³-hybridized carbons (Fsp3) is 0.111. The van der Waals surface area contributed by atoms with Gasteiger partial charge in [0.25, 0.3) is 0 Å². The Kier molecular flexibility index (Phi) is 2.11. The van der Waals surface area contributed by atoms with Crippen LogP contribution in [0.3, 0.4) is 0 Å². The van der Waals surface area contributed by atoms with Crippen molar-refractivity contribution in [2.24, 2.45) is 10.2 Å². The van der Waals surface area contributed by atoms with Gasteiger partial charge in [-0.3, -0.25) is 0 Å². The lowest BCUT2D eigenvalue weighted by molar-refractivity contribution is -0.165. The summed E-state index contributed by atoms with van der Waals surface area (Å²) in [5.74, 6) is 0. The van der Waals surface area contributed by atoms with E-state index in [4.69, 9.17) is 0 Å². The van der Waals surface area contributed by atoms with Crippen LogP contribution in [0, 0.1) is 0 Å². The summed E-state index contributed by atoms with van der Waals surface area (Å²) in [5, 5.41) is 12.1. The zero-order valence-electron chi connectivity index (χ0n) is 11.7. The van der Waals surface area contributed by atoms with Crippen LogP contribution in [0.4, 0.5) is 13.2 Å². The van der Waals surface area contributed by atoms with Crippen molar-refractivity contribution in [2.75, 3.05) is 0 Å². The van der Waals surface area contributed by atoms with Crippen molar-refractivity contribution in [3.8, 4) is 0 Å². The highest BCUT2D eigenvalue weighted by Crippen LogP contribution is 2.54. The van der Waals surface area contributed by atoms with Gasteiger partial charge in [0.2, 0.25) is 0 Å². The molecule has 0 amide bonds. The summed E-state index contributed by atoms with van der Waals surface area (Å²) in [7, 11) is 0. The molecule has 0 aromatic heterocycles. The van der Waals surface area contributed by atoms with Gasteiger partial charge in [-0.05, 0) is 32.3 Å². The zero-order chi connectivity index (χ0) is 15.8. The predicted octanol–water partition coefficient (Wildman–Crippen LogP) is 5.76. The Hall–Kier alpha value is -2.69. The highest BCUT2D eigenvalue weighted by atomic mass is 19.4. The van der Waals surface area contributed by atoms with Crippen molar-refractivity contribution in [3.05, 3.63) is 60.2 Å². The minimum absolute atomic E-state index is 0.107. The average Bonchev–Trinajstić information content (AvgIpc) is 3.34. The summed E-state index contributed by atoms with van der Waals surface area (Å²) in [6, 6.07) is 16.7. The molecule has 0 spiro atoms. The number of halogens is 3. The molecule has 4 aromatic rings. The van der Waals surface area contributed by atoms with Crippen LogP contribution in [0.5, 0.6) is 0 Å². The molecular formula is C18H9F3N2. The Morgan fingerprint density at radius 3 is 1.87 bits per heavy atom. The zero-order valence-corrected chi connectivity index (χ0v) is 11.7. The largest absolute Gasteiger partial charge is 0.442 e. The first-order valence-electron chi connectivity index (χ1n) is 7.19. The third-order valence-electron chi connectivity index (χ3n) is 4.60. The van der Waals surface area contributed by atoms with E-state index in [1.165, 1.54) is 6.07 Å². The number of hydrogen-bond donors (Lipinski definition) is 0. The highest BCUT2D eigenvalue weighted by molar-refractivity contribution is 6.23. The number of benzene rings is 4. The monoisotopic (exact) mass is 310 g/mol. The molecule has 112 valence electrons. The molecule has 0 N–H and O–H groups in total. The molecule has 0 bridgehead atoms. The number of hydrogen-bond acceptors (Lipinski definition) is 2. The Morgan fingerprint density at radius 2 is 1.26 bits per heavy atom. The first-order valence-corrected chi connectivity index (χ1v) is 7.19. The second kappa shape index (κ2) is 3.79. The molecule has 0 fully saturated rings. The van der Waals surface area contributed by atoms with Crippen LogP contribution < -0.4 is 0 Å². The smallest absolute Gasteiger partial charge is 0.166 e. The molecule has 23 heavy (non-hydrogen) atoms. The van der Waals surface area contributed by atoms with E-state index >= 15 is 0 Å². The van der Waals surface area contributed by atoms with Crippen LogP contribution in [-0.2, 0) is 5.66 Å². The van der Waals surface area contributed by atoms with Crippen molar-refractivity contribution in [3.63, 3.8) is 0 Å². The van der Waals surface area contributed by atoms with Gasteiger partial charge < -0.3 is 0 Å². The van der Waals surface area contributed by atoms with E-state index in [0.717, 1.165) is 26.9 Å². The quantitative estimate of drug-likeness (QED) is 0.399. The van der Waals surface area contributed by atoms with E-state index in [9.17, 15) is 13.2 Å². The summed E-state index contributed by atoms with van der Waals surface area (Å²) in [6.45, 7) is 0. The van der Waals surface area contributed by atoms with Gasteiger partial charge in [0, 0.05) is 5.56 Å². The molecule has 0 radical (unpaired) electrons. The molecule has 0 saturated carbocycles. The Balaban J connectivity index is 1.97. The number of rotatable bonds is 1. The molecule has 1 heterocycles. The lowest BCUT2D eigenvalue weighted by atomic mass is 9.88. The summed E-state index contributed by atoms with van der Waals surface area (Å²) in [4.78, 5) is 0. The standard InChI is InChI=1S/C18H9F3N2/c19-18(20,21)17(22-23-17)14-9-7-12-5-4-10-2-1-3-11-6-8-13(14)16(12)15(10)11/h1-9H. The molecule has 0 saturated heterocycles. The van der Waals surface area contributed by atoms with Gasteiger partial charge in [0.05, 0.1) is 0 Å². The van der Waals surface area contributed by atoms with Crippen LogP contribution >= 0.6 is 0 Å². The van der Waals surface area contributed by atoms with Gasteiger partial charge in [-0.1, -0.05) is 54.6 Å². The summed E-state index contributed by atoms with van der Waals surface area (Å²) in [5.41, 5.74) is -2.29. The van der Waals surface area contributed by atoms with Crippen LogP contribution in [0.15, 0.2) is 64.8 Å². The van der Waals surface area contributed by atoms with Crippen molar-refractivity contribution >= 4 is 32.3 Å². The molecule has 1 aliphatic heterocycles. The maximum Gasteiger partial charge on any atom is 0.442 e. The molecule has 0 aliphatic carbocycles. The van der Waals surface area contributed by atoms with Crippen molar-refractivity contribution < 1.29 is 13.2 Å². The van der Waals surface area contributed by atoms with E-state index in [-0.39, 0.29) is 5.56 Å². The fourth-order valence-electron chi connectivity index (χ4n) is 3.46. The van der Waals surface area contributed by atoms with E-state index in [1.54, 1.807) is 12.1 Å². The van der Waals surface area contributed by atoms with Crippen molar-refractivity contribution in [2.45, 2.75) is 11.8 Å². The molecular weight excluding hydrogens is 301 g/mol. The SMILES string of the molecule is FC(F)(F)C1(c2ccc3ccc4cccc5ccc2c3c45)N=N1. The van der Waals surface area contributed by atoms with Gasteiger partial charge in [-0.2, -0.15) is 13.2 Å². The van der Waals surface area contributed by atoms with Gasteiger partial charge >= 0.3 is 11.8 Å². The second-order valence-corrected chi connectivity index (χ2v) is 5.84. The second-order valence-electron chi connectivity index (χ2n) is 5.84. The van der Waals surface area contributed by atoms with Crippen molar-refractivity contribution in [1.29, 1.82) is 0 Å². The van der Waals surface area contributed by atoms with Gasteiger partial charge in [0.15, 0.2) is 0 Å². The van der Waals surface area contributed by atoms with E-state index in [0.29, 0.717) is 5.39 Å². The topological polar surface area (TPSA) is 24.7 Å². The summed E-state index contributed by atoms with van der Waals surface area (Å²) < 4.78 is 40.2. The lowest BCUT2D eigenvalue weighted by Crippen LogP contribution is -2.30. The molecule has 5 rings (SSSR count). The molecule has 0 unspecified atom stereocenters. The van der Waals surface area contributed by atoms with Gasteiger partial charge in [0.1, 0.15) is 0 Å². The predicted molar refractivity (Wildman–Crippen MR) is 82.7 cm³/mol. The van der Waals surface area contributed by atoms with E-state index < -0.39 is 11.8 Å². The molecule has 2 nitrogen and oxygen atoms in total. The van der Waals surface area contributed by atoms with Crippen LogP contribution in [0.25, 0.3) is 32.3 Å². The third kappa shape index (κ3) is 1.49. The number of nitrogens with zero attached hydrogens (tertiary/aromatic N) is 2. The Labute approximate surface area is 128 Å². The molecule has 4 aromatic carbocycles. The lowest BCUT2D eigenvalue weighted by Gasteiger charge is -2.19. The van der Waals surface area contributed by atoms with Gasteiger partial charge in [-0.25, -0.2) is 0 Å². The maximum atomic E-state index is 13.4. The van der Waals surface area contributed by atoms with Crippen LogP contribution in [-0.4, -0.2) is 6.18 Å². The van der Waals surface area contributed by atoms with Crippen LogP contribution in [0.1, 0.15) is 5.56 Å². The third-order valence-corrected chi connectivity index (χ3v) is 4.60. The normalized spacial score (nSPS) is 16.7. The minimum Gasteiger partial charge on any atom is -0.166 e.